The number of hydrogen-bond acceptors (Lipinski definition) is 1. The molecule has 0 N–H and O–H groups in total. The highest BCUT2D eigenvalue weighted by Gasteiger charge is 2.33. The maximum Gasteiger partial charge on any atom is 0.451 e. The Morgan fingerprint density at radius 3 is 2.45 bits per heavy atom. The summed E-state index contributed by atoms with van der Waals surface area (Å²) in [4.78, 5) is 0. The van der Waals surface area contributed by atoms with Crippen molar-refractivity contribution >= 4 is 23.1 Å². The van der Waals surface area contributed by atoms with Crippen LogP contribution in [-0.2, 0) is 0 Å². The van der Waals surface area contributed by atoms with Crippen LogP contribution in [0.15, 0.2) is 27.8 Å². The zero-order chi connectivity index (χ0) is 8.32. The quantitative estimate of drug-likeness (QED) is 0.489. The van der Waals surface area contributed by atoms with E-state index in [9.17, 15) is 13.2 Å². The highest BCUT2D eigenvalue weighted by Crippen LogP contribution is 2.38. The van der Waals surface area contributed by atoms with Crippen molar-refractivity contribution in [3.8, 4) is 0 Å². The Morgan fingerprint density at radius 2 is 2.00 bits per heavy atom. The van der Waals surface area contributed by atoms with Crippen LogP contribution in [0, 0.1) is 0 Å². The summed E-state index contributed by atoms with van der Waals surface area (Å²) in [6.07, 6.45) is 0. The molecule has 1 aromatic heterocycles. The maximum absolute atomic E-state index is 11.7. The fraction of sp³-hybridized carbons (Fsp3) is 0.167. The first-order chi connectivity index (χ1) is 5.08. The molecule has 60 valence electrons. The van der Waals surface area contributed by atoms with Crippen LogP contribution in [-0.4, -0.2) is 5.51 Å². The Labute approximate surface area is 70.1 Å². The SMILES string of the molecule is FC(F)(F)Sc1cccc[s+]1. The average Bonchev–Trinajstić information content (AvgIpc) is 1.85. The summed E-state index contributed by atoms with van der Waals surface area (Å²) < 4.78 is 35.4. The molecule has 0 radical (unpaired) electrons. The molecule has 1 heterocycles. The molecule has 0 nitrogen and oxygen atoms in total. The maximum atomic E-state index is 11.7. The number of alkyl halides is 3. The molecule has 0 saturated heterocycles. The molecule has 1 rings (SSSR count). The highest BCUT2D eigenvalue weighted by atomic mass is 32.2. The van der Waals surface area contributed by atoms with Crippen molar-refractivity contribution in [2.45, 2.75) is 9.72 Å². The van der Waals surface area contributed by atoms with E-state index in [2.05, 4.69) is 0 Å². The molecule has 0 unspecified atom stereocenters. The number of hydrogen-bond donors (Lipinski definition) is 0. The molecule has 0 fully saturated rings. The summed E-state index contributed by atoms with van der Waals surface area (Å²) in [5.74, 6) is 0. The van der Waals surface area contributed by atoms with Crippen molar-refractivity contribution in [3.05, 3.63) is 23.6 Å². The van der Waals surface area contributed by atoms with E-state index in [1.54, 1.807) is 17.5 Å². The van der Waals surface area contributed by atoms with Gasteiger partial charge < -0.3 is 0 Å². The lowest BCUT2D eigenvalue weighted by atomic mass is 10.6. The minimum Gasteiger partial charge on any atom is -0.160 e. The van der Waals surface area contributed by atoms with E-state index in [0.717, 1.165) is 11.3 Å². The normalized spacial score (nSPS) is 11.5. The lowest BCUT2D eigenvalue weighted by molar-refractivity contribution is -0.0327. The van der Waals surface area contributed by atoms with Crippen molar-refractivity contribution < 1.29 is 13.2 Å². The lowest BCUT2D eigenvalue weighted by Crippen LogP contribution is -1.97. The predicted molar refractivity (Wildman–Crippen MR) is 40.6 cm³/mol. The van der Waals surface area contributed by atoms with Gasteiger partial charge in [-0.3, -0.25) is 0 Å². The Bertz CT molecular complexity index is 219. The predicted octanol–water partition coefficient (Wildman–Crippen LogP) is 3.64. The molecular weight excluding hydrogens is 193 g/mol. The fourth-order valence-corrected chi connectivity index (χ4v) is 1.98. The second-order valence-electron chi connectivity index (χ2n) is 1.67. The van der Waals surface area contributed by atoms with Gasteiger partial charge in [0.25, 0.3) is 4.21 Å². The second kappa shape index (κ2) is 3.40. The van der Waals surface area contributed by atoms with Gasteiger partial charge in [0.2, 0.25) is 11.3 Å². The van der Waals surface area contributed by atoms with E-state index < -0.39 is 5.51 Å². The van der Waals surface area contributed by atoms with E-state index in [0.29, 0.717) is 0 Å². The number of rotatable bonds is 1. The van der Waals surface area contributed by atoms with Crippen LogP contribution in [0.5, 0.6) is 0 Å². The smallest absolute Gasteiger partial charge is 0.160 e. The molecule has 0 bridgehead atoms. The van der Waals surface area contributed by atoms with Crippen molar-refractivity contribution in [2.24, 2.45) is 0 Å². The van der Waals surface area contributed by atoms with Gasteiger partial charge >= 0.3 is 5.51 Å². The molecular formula is C6H4F3S2+. The van der Waals surface area contributed by atoms with Crippen LogP contribution in [0.4, 0.5) is 13.2 Å². The minimum atomic E-state index is -4.17. The van der Waals surface area contributed by atoms with Gasteiger partial charge in [-0.25, -0.2) is 0 Å². The van der Waals surface area contributed by atoms with Gasteiger partial charge in [-0.1, -0.05) is 6.07 Å². The third-order valence-corrected chi connectivity index (χ3v) is 2.59. The van der Waals surface area contributed by atoms with Crippen LogP contribution in [0.25, 0.3) is 0 Å². The second-order valence-corrected chi connectivity index (χ2v) is 3.99. The van der Waals surface area contributed by atoms with Crippen LogP contribution < -0.4 is 0 Å². The molecule has 11 heavy (non-hydrogen) atoms. The number of thioether (sulfide) groups is 1. The monoisotopic (exact) mass is 197 g/mol. The summed E-state index contributed by atoms with van der Waals surface area (Å²) >= 11 is 1.00. The topological polar surface area (TPSA) is 0 Å². The van der Waals surface area contributed by atoms with Crippen LogP contribution in [0.1, 0.15) is 0 Å². The molecule has 0 amide bonds. The number of halogens is 3. The molecule has 0 aromatic carbocycles. The van der Waals surface area contributed by atoms with Gasteiger partial charge in [0.15, 0.2) is 5.38 Å². The minimum absolute atomic E-state index is 0.0807. The molecule has 0 atom stereocenters. The summed E-state index contributed by atoms with van der Waals surface area (Å²) in [6.45, 7) is 0. The summed E-state index contributed by atoms with van der Waals surface area (Å²) in [7, 11) is 0. The summed E-state index contributed by atoms with van der Waals surface area (Å²) in [5.41, 5.74) is -4.17. The molecule has 0 aliphatic heterocycles. The Kier molecular flexibility index (Phi) is 2.72. The van der Waals surface area contributed by atoms with Crippen molar-refractivity contribution in [1.82, 2.24) is 0 Å². The highest BCUT2D eigenvalue weighted by molar-refractivity contribution is 8.01. The summed E-state index contributed by atoms with van der Waals surface area (Å²) in [5, 5.41) is 1.62. The molecule has 0 aliphatic carbocycles. The van der Waals surface area contributed by atoms with Gasteiger partial charge in [0, 0.05) is 17.8 Å². The van der Waals surface area contributed by atoms with E-state index in [-0.39, 0.29) is 16.0 Å². The van der Waals surface area contributed by atoms with Crippen LogP contribution in [0.3, 0.4) is 0 Å². The largest absolute Gasteiger partial charge is 0.451 e. The first-order valence-electron chi connectivity index (χ1n) is 2.70. The van der Waals surface area contributed by atoms with Crippen LogP contribution in [0.2, 0.25) is 0 Å². The molecule has 0 spiro atoms. The van der Waals surface area contributed by atoms with Gasteiger partial charge in [0.05, 0.1) is 0 Å². The Hall–Kier alpha value is -0.290. The standard InChI is InChI=1S/C6H4F3S2/c7-6(8,9)11-5-3-1-2-4-10-5/h1-4H/q+1. The zero-order valence-electron chi connectivity index (χ0n) is 5.26. The van der Waals surface area contributed by atoms with E-state index in [1.807, 2.05) is 0 Å². The summed E-state index contributed by atoms with van der Waals surface area (Å²) in [6, 6.07) is 4.73. The first kappa shape index (κ1) is 8.80. The van der Waals surface area contributed by atoms with Gasteiger partial charge in [-0.15, -0.1) is 0 Å². The third-order valence-electron chi connectivity index (χ3n) is 0.823. The van der Waals surface area contributed by atoms with Crippen LogP contribution >= 0.6 is 23.1 Å². The van der Waals surface area contributed by atoms with E-state index in [1.165, 1.54) is 6.07 Å². The average molecular weight is 197 g/mol. The third kappa shape index (κ3) is 3.57. The molecule has 1 aromatic rings. The van der Waals surface area contributed by atoms with Crippen molar-refractivity contribution in [2.75, 3.05) is 0 Å². The van der Waals surface area contributed by atoms with Gasteiger partial charge in [0.1, 0.15) is 0 Å². The van der Waals surface area contributed by atoms with Crippen molar-refractivity contribution in [3.63, 3.8) is 0 Å². The lowest BCUT2D eigenvalue weighted by Gasteiger charge is -1.97. The van der Waals surface area contributed by atoms with Gasteiger partial charge in [-0.2, -0.15) is 13.2 Å². The fourth-order valence-electron chi connectivity index (χ4n) is 0.497. The van der Waals surface area contributed by atoms with E-state index >= 15 is 0 Å². The molecule has 5 heteroatoms. The Balaban J connectivity index is 2.66. The molecule has 0 saturated carbocycles. The van der Waals surface area contributed by atoms with Gasteiger partial charge in [-0.05, 0) is 6.07 Å². The van der Waals surface area contributed by atoms with E-state index in [4.69, 9.17) is 0 Å². The zero-order valence-corrected chi connectivity index (χ0v) is 6.89. The van der Waals surface area contributed by atoms with Crippen molar-refractivity contribution in [1.29, 1.82) is 0 Å². The Morgan fingerprint density at radius 1 is 1.27 bits per heavy atom. The molecule has 0 aliphatic rings. The first-order valence-corrected chi connectivity index (χ1v) is 4.40.